The van der Waals surface area contributed by atoms with E-state index in [-0.39, 0.29) is 5.91 Å². The fourth-order valence-electron chi connectivity index (χ4n) is 2.32. The lowest BCUT2D eigenvalue weighted by Gasteiger charge is -2.13. The molecule has 0 bridgehead atoms. The molecule has 0 saturated carbocycles. The van der Waals surface area contributed by atoms with E-state index in [2.05, 4.69) is 36.8 Å². The third-order valence-electron chi connectivity index (χ3n) is 3.62. The Labute approximate surface area is 148 Å². The summed E-state index contributed by atoms with van der Waals surface area (Å²) in [6, 6.07) is 15.2. The lowest BCUT2D eigenvalue weighted by molar-refractivity contribution is -0.121. The van der Waals surface area contributed by atoms with Crippen LogP contribution < -0.4 is 10.7 Å². The first kappa shape index (κ1) is 16.3. The van der Waals surface area contributed by atoms with Gasteiger partial charge in [0.2, 0.25) is 0 Å². The number of nitrogens with zero attached hydrogens (tertiary/aromatic N) is 1. The molecule has 3 aromatic rings. The lowest BCUT2D eigenvalue weighted by atomic mass is 10.2. The Balaban J connectivity index is 1.59. The second kappa shape index (κ2) is 7.31. The van der Waals surface area contributed by atoms with Crippen LogP contribution in [0.1, 0.15) is 12.5 Å². The van der Waals surface area contributed by atoms with E-state index in [4.69, 9.17) is 0 Å². The quantitative estimate of drug-likeness (QED) is 0.461. The molecule has 0 aliphatic heterocycles. The Morgan fingerprint density at radius 1 is 1.21 bits per heavy atom. The van der Waals surface area contributed by atoms with Gasteiger partial charge < -0.3 is 10.3 Å². The number of rotatable bonds is 5. The molecule has 0 aliphatic carbocycles. The summed E-state index contributed by atoms with van der Waals surface area (Å²) in [4.78, 5) is 15.3. The van der Waals surface area contributed by atoms with Crippen LogP contribution in [-0.4, -0.2) is 23.1 Å². The van der Waals surface area contributed by atoms with Gasteiger partial charge in [-0.2, -0.15) is 5.10 Å². The summed E-state index contributed by atoms with van der Waals surface area (Å²) in [5.74, 6) is -0.200. The number of amides is 1. The molecule has 0 spiro atoms. The molecule has 122 valence electrons. The van der Waals surface area contributed by atoms with Gasteiger partial charge in [0.15, 0.2) is 0 Å². The first-order valence-electron chi connectivity index (χ1n) is 7.54. The van der Waals surface area contributed by atoms with Crippen molar-refractivity contribution in [3.05, 3.63) is 64.8 Å². The molecule has 24 heavy (non-hydrogen) atoms. The third kappa shape index (κ3) is 3.83. The smallest absolute Gasteiger partial charge is 0.262 e. The first-order valence-corrected chi connectivity index (χ1v) is 8.34. The molecule has 1 heterocycles. The van der Waals surface area contributed by atoms with Gasteiger partial charge >= 0.3 is 0 Å². The number of benzene rings is 2. The largest absolute Gasteiger partial charge is 0.374 e. The topological polar surface area (TPSA) is 69.3 Å². The van der Waals surface area contributed by atoms with Crippen molar-refractivity contribution in [2.75, 3.05) is 5.32 Å². The van der Waals surface area contributed by atoms with E-state index in [0.717, 1.165) is 26.6 Å². The molecule has 0 saturated heterocycles. The number of aromatic amines is 1. The number of carbonyl (C=O) groups is 1. The molecule has 0 unspecified atom stereocenters. The molecular weight excluding hydrogens is 368 g/mol. The van der Waals surface area contributed by atoms with Crippen LogP contribution in [0.15, 0.2) is 64.3 Å². The molecule has 1 amide bonds. The van der Waals surface area contributed by atoms with Crippen molar-refractivity contribution in [2.24, 2.45) is 5.10 Å². The number of para-hydroxylation sites is 1. The third-order valence-corrected chi connectivity index (χ3v) is 4.15. The highest BCUT2D eigenvalue weighted by Gasteiger charge is 2.11. The minimum absolute atomic E-state index is 0.200. The number of hydrazone groups is 1. The van der Waals surface area contributed by atoms with Gasteiger partial charge in [0.1, 0.15) is 6.04 Å². The molecule has 2 aromatic carbocycles. The van der Waals surface area contributed by atoms with E-state index >= 15 is 0 Å². The van der Waals surface area contributed by atoms with Crippen LogP contribution in [0.3, 0.4) is 0 Å². The molecule has 3 rings (SSSR count). The van der Waals surface area contributed by atoms with Crippen molar-refractivity contribution in [3.8, 4) is 0 Å². The number of hydrogen-bond donors (Lipinski definition) is 3. The molecule has 1 aromatic heterocycles. The summed E-state index contributed by atoms with van der Waals surface area (Å²) in [5.41, 5.74) is 5.41. The molecule has 5 nitrogen and oxygen atoms in total. The number of nitrogens with one attached hydrogen (secondary N) is 3. The van der Waals surface area contributed by atoms with E-state index in [1.165, 1.54) is 0 Å². The number of aromatic nitrogens is 1. The van der Waals surface area contributed by atoms with Gasteiger partial charge in [-0.05, 0) is 37.3 Å². The maximum Gasteiger partial charge on any atom is 0.262 e. The Morgan fingerprint density at radius 3 is 2.75 bits per heavy atom. The summed E-state index contributed by atoms with van der Waals surface area (Å²) < 4.78 is 0.994. The van der Waals surface area contributed by atoms with Gasteiger partial charge in [-0.15, -0.1) is 0 Å². The molecule has 0 fully saturated rings. The Kier molecular flexibility index (Phi) is 4.96. The van der Waals surface area contributed by atoms with Crippen LogP contribution in [0, 0.1) is 0 Å². The zero-order chi connectivity index (χ0) is 16.9. The Morgan fingerprint density at radius 2 is 1.96 bits per heavy atom. The van der Waals surface area contributed by atoms with Crippen LogP contribution in [-0.2, 0) is 4.79 Å². The monoisotopic (exact) mass is 384 g/mol. The van der Waals surface area contributed by atoms with Gasteiger partial charge in [-0.25, -0.2) is 5.43 Å². The van der Waals surface area contributed by atoms with Gasteiger partial charge in [-0.1, -0.05) is 34.1 Å². The van der Waals surface area contributed by atoms with Gasteiger partial charge in [0.05, 0.1) is 6.21 Å². The summed E-state index contributed by atoms with van der Waals surface area (Å²) >= 11 is 3.38. The maximum atomic E-state index is 12.1. The van der Waals surface area contributed by atoms with E-state index < -0.39 is 6.04 Å². The van der Waals surface area contributed by atoms with Crippen LogP contribution in [0.2, 0.25) is 0 Å². The number of carbonyl (C=O) groups excluding carboxylic acids is 1. The van der Waals surface area contributed by atoms with Gasteiger partial charge in [0.25, 0.3) is 5.91 Å². The predicted octanol–water partition coefficient (Wildman–Crippen LogP) is 3.88. The minimum atomic E-state index is -0.397. The average Bonchev–Trinajstić information content (AvgIpc) is 3.00. The normalized spacial score (nSPS) is 12.4. The van der Waals surface area contributed by atoms with Crippen molar-refractivity contribution >= 4 is 44.6 Å². The van der Waals surface area contributed by atoms with E-state index in [1.807, 2.05) is 54.7 Å². The fourth-order valence-corrected chi connectivity index (χ4v) is 2.59. The lowest BCUT2D eigenvalue weighted by Crippen LogP contribution is -2.34. The second-order valence-corrected chi connectivity index (χ2v) is 6.31. The van der Waals surface area contributed by atoms with Crippen LogP contribution in [0.5, 0.6) is 0 Å². The van der Waals surface area contributed by atoms with Crippen molar-refractivity contribution in [1.82, 2.24) is 10.4 Å². The summed E-state index contributed by atoms with van der Waals surface area (Å²) in [6.45, 7) is 1.79. The predicted molar refractivity (Wildman–Crippen MR) is 101 cm³/mol. The highest BCUT2D eigenvalue weighted by atomic mass is 79.9. The van der Waals surface area contributed by atoms with Gasteiger partial charge in [-0.3, -0.25) is 4.79 Å². The zero-order valence-electron chi connectivity index (χ0n) is 13.1. The molecule has 6 heteroatoms. The first-order chi connectivity index (χ1) is 11.6. The molecule has 0 aliphatic rings. The summed E-state index contributed by atoms with van der Waals surface area (Å²) in [5, 5.41) is 8.24. The van der Waals surface area contributed by atoms with Gasteiger partial charge in [0, 0.05) is 32.8 Å². The molecule has 1 atom stereocenters. The molecule has 0 radical (unpaired) electrons. The number of hydrogen-bond acceptors (Lipinski definition) is 3. The molecule has 3 N–H and O–H groups in total. The van der Waals surface area contributed by atoms with Crippen molar-refractivity contribution < 1.29 is 4.79 Å². The maximum absolute atomic E-state index is 12.1. The van der Waals surface area contributed by atoms with Crippen LogP contribution >= 0.6 is 15.9 Å². The second-order valence-electron chi connectivity index (χ2n) is 5.40. The van der Waals surface area contributed by atoms with Crippen molar-refractivity contribution in [2.45, 2.75) is 13.0 Å². The number of halogens is 1. The average molecular weight is 385 g/mol. The number of H-pyrrole nitrogens is 1. The Bertz CT molecular complexity index is 870. The van der Waals surface area contributed by atoms with Crippen LogP contribution in [0.4, 0.5) is 5.69 Å². The van der Waals surface area contributed by atoms with E-state index in [9.17, 15) is 4.79 Å². The van der Waals surface area contributed by atoms with E-state index in [0.29, 0.717) is 0 Å². The standard InChI is InChI=1S/C18H17BrN4O/c1-12(22-15-8-6-14(19)7-9-15)18(24)23-21-11-13-10-20-17-5-3-2-4-16(13)17/h2-12,20,22H,1H3,(H,23,24)/b21-11+/t12-/m0/s1. The number of fused-ring (bicyclic) bond motifs is 1. The number of anilines is 1. The highest BCUT2D eigenvalue weighted by molar-refractivity contribution is 9.10. The Hall–Kier alpha value is -2.60. The van der Waals surface area contributed by atoms with Crippen molar-refractivity contribution in [1.29, 1.82) is 0 Å². The van der Waals surface area contributed by atoms with E-state index in [1.54, 1.807) is 13.1 Å². The zero-order valence-corrected chi connectivity index (χ0v) is 14.7. The van der Waals surface area contributed by atoms with Crippen LogP contribution in [0.25, 0.3) is 10.9 Å². The SMILES string of the molecule is C[C@H](Nc1ccc(Br)cc1)C(=O)N/N=C/c1c[nH]c2ccccc12. The summed E-state index contributed by atoms with van der Waals surface area (Å²) in [6.07, 6.45) is 3.51. The minimum Gasteiger partial charge on any atom is -0.374 e. The van der Waals surface area contributed by atoms with Crippen molar-refractivity contribution in [3.63, 3.8) is 0 Å². The fraction of sp³-hybridized carbons (Fsp3) is 0.111. The highest BCUT2D eigenvalue weighted by Crippen LogP contribution is 2.16. The summed E-state index contributed by atoms with van der Waals surface area (Å²) in [7, 11) is 0. The molecular formula is C18H17BrN4O.